The molecule has 2 rings (SSSR count). The SMILES string of the molecule is O=C(O)[C@@H]1CCCCN1S(=O)(=O)c1ncccc1F. The van der Waals surface area contributed by atoms with Crippen molar-refractivity contribution < 1.29 is 22.7 Å². The Morgan fingerprint density at radius 1 is 1.47 bits per heavy atom. The largest absolute Gasteiger partial charge is 0.480 e. The first kappa shape index (κ1) is 13.9. The minimum atomic E-state index is -4.22. The number of pyridine rings is 1. The maximum atomic E-state index is 13.6. The molecule has 0 bridgehead atoms. The average Bonchev–Trinajstić information content (AvgIpc) is 2.39. The smallest absolute Gasteiger partial charge is 0.322 e. The fourth-order valence-corrected chi connectivity index (χ4v) is 3.74. The monoisotopic (exact) mass is 288 g/mol. The number of carboxylic acids is 1. The topological polar surface area (TPSA) is 87.6 Å². The molecule has 0 amide bonds. The third kappa shape index (κ3) is 2.59. The molecule has 1 aliphatic rings. The highest BCUT2D eigenvalue weighted by molar-refractivity contribution is 7.89. The van der Waals surface area contributed by atoms with Gasteiger partial charge in [0.1, 0.15) is 6.04 Å². The van der Waals surface area contributed by atoms with E-state index >= 15 is 0 Å². The van der Waals surface area contributed by atoms with Crippen molar-refractivity contribution in [3.05, 3.63) is 24.1 Å². The molecule has 0 radical (unpaired) electrons. The fraction of sp³-hybridized carbons (Fsp3) is 0.455. The summed E-state index contributed by atoms with van der Waals surface area (Å²) in [6, 6.07) is 1.11. The van der Waals surface area contributed by atoms with Crippen molar-refractivity contribution in [3.63, 3.8) is 0 Å². The molecule has 19 heavy (non-hydrogen) atoms. The number of hydrogen-bond acceptors (Lipinski definition) is 4. The maximum absolute atomic E-state index is 13.6. The Morgan fingerprint density at radius 3 is 2.84 bits per heavy atom. The lowest BCUT2D eigenvalue weighted by Gasteiger charge is -2.31. The highest BCUT2D eigenvalue weighted by atomic mass is 32.2. The summed E-state index contributed by atoms with van der Waals surface area (Å²) in [5, 5.41) is 8.35. The third-order valence-corrected chi connectivity index (χ3v) is 4.86. The van der Waals surface area contributed by atoms with Gasteiger partial charge in [-0.3, -0.25) is 4.79 Å². The van der Waals surface area contributed by atoms with Crippen molar-refractivity contribution in [1.29, 1.82) is 0 Å². The Kier molecular flexibility index (Phi) is 3.81. The summed E-state index contributed by atoms with van der Waals surface area (Å²) < 4.78 is 38.9. The Morgan fingerprint density at radius 2 is 2.21 bits per heavy atom. The zero-order valence-corrected chi connectivity index (χ0v) is 10.8. The Balaban J connectivity index is 2.43. The van der Waals surface area contributed by atoms with E-state index in [9.17, 15) is 17.6 Å². The van der Waals surface area contributed by atoms with E-state index in [2.05, 4.69) is 4.98 Å². The Labute approximate surface area is 109 Å². The van der Waals surface area contributed by atoms with E-state index in [-0.39, 0.29) is 13.0 Å². The molecule has 1 aromatic heterocycles. The molecule has 1 fully saturated rings. The first-order valence-corrected chi connectivity index (χ1v) is 7.24. The molecule has 1 N–H and O–H groups in total. The number of nitrogens with zero attached hydrogens (tertiary/aromatic N) is 2. The van der Waals surface area contributed by atoms with Crippen molar-refractivity contribution >= 4 is 16.0 Å². The standard InChI is InChI=1S/C11H13FN2O4S/c12-8-4-3-6-13-10(8)19(17,18)14-7-2-1-5-9(14)11(15)16/h3-4,6,9H,1-2,5,7H2,(H,15,16)/t9-/m0/s1. The van der Waals surface area contributed by atoms with Crippen LogP contribution in [-0.2, 0) is 14.8 Å². The average molecular weight is 288 g/mol. The molecule has 104 valence electrons. The molecule has 0 saturated carbocycles. The van der Waals surface area contributed by atoms with Crippen LogP contribution in [0, 0.1) is 5.82 Å². The van der Waals surface area contributed by atoms with Crippen molar-refractivity contribution in [3.8, 4) is 0 Å². The molecule has 0 aliphatic carbocycles. The van der Waals surface area contributed by atoms with Gasteiger partial charge in [-0.15, -0.1) is 0 Å². The number of aromatic nitrogens is 1. The summed E-state index contributed by atoms with van der Waals surface area (Å²) in [7, 11) is -4.22. The number of piperidine rings is 1. The van der Waals surface area contributed by atoms with Gasteiger partial charge in [-0.1, -0.05) is 0 Å². The van der Waals surface area contributed by atoms with Crippen molar-refractivity contribution in [1.82, 2.24) is 9.29 Å². The summed E-state index contributed by atoms with van der Waals surface area (Å²) >= 11 is 0. The van der Waals surface area contributed by atoms with E-state index in [4.69, 9.17) is 5.11 Å². The zero-order valence-electron chi connectivity index (χ0n) is 9.99. The van der Waals surface area contributed by atoms with Crippen LogP contribution in [-0.4, -0.2) is 41.4 Å². The maximum Gasteiger partial charge on any atom is 0.322 e. The Hall–Kier alpha value is -1.54. The van der Waals surface area contributed by atoms with E-state index in [1.165, 1.54) is 6.07 Å². The van der Waals surface area contributed by atoms with E-state index < -0.39 is 32.9 Å². The highest BCUT2D eigenvalue weighted by Gasteiger charge is 2.39. The predicted molar refractivity (Wildman–Crippen MR) is 63.4 cm³/mol. The van der Waals surface area contributed by atoms with E-state index in [1.54, 1.807) is 0 Å². The molecule has 8 heteroatoms. The lowest BCUT2D eigenvalue weighted by molar-refractivity contribution is -0.142. The molecule has 0 aromatic carbocycles. The minimum absolute atomic E-state index is 0.0648. The lowest BCUT2D eigenvalue weighted by Crippen LogP contribution is -2.48. The number of aliphatic carboxylic acids is 1. The molecule has 2 heterocycles. The molecular weight excluding hydrogens is 275 g/mol. The van der Waals surface area contributed by atoms with Crippen LogP contribution >= 0.6 is 0 Å². The number of halogens is 1. The van der Waals surface area contributed by atoms with Crippen LogP contribution in [0.25, 0.3) is 0 Å². The molecule has 6 nitrogen and oxygen atoms in total. The van der Waals surface area contributed by atoms with Gasteiger partial charge in [0.2, 0.25) is 5.03 Å². The van der Waals surface area contributed by atoms with Crippen LogP contribution in [0.1, 0.15) is 19.3 Å². The molecule has 0 spiro atoms. The second-order valence-electron chi connectivity index (χ2n) is 4.26. The molecule has 1 saturated heterocycles. The quantitative estimate of drug-likeness (QED) is 0.890. The van der Waals surface area contributed by atoms with Gasteiger partial charge in [-0.2, -0.15) is 4.31 Å². The Bertz CT molecular complexity index is 590. The summed E-state index contributed by atoms with van der Waals surface area (Å²) in [5.74, 6) is -2.20. The molecule has 0 unspecified atom stereocenters. The van der Waals surface area contributed by atoms with Crippen LogP contribution in [0.2, 0.25) is 0 Å². The van der Waals surface area contributed by atoms with Crippen LogP contribution in [0.5, 0.6) is 0 Å². The summed E-state index contributed by atoms with van der Waals surface area (Å²) in [6.45, 7) is 0.0648. The van der Waals surface area contributed by atoms with Gasteiger partial charge < -0.3 is 5.11 Å². The van der Waals surface area contributed by atoms with Gasteiger partial charge in [-0.25, -0.2) is 17.8 Å². The zero-order chi connectivity index (χ0) is 14.0. The van der Waals surface area contributed by atoms with Crippen LogP contribution in [0.3, 0.4) is 0 Å². The van der Waals surface area contributed by atoms with Gasteiger partial charge >= 0.3 is 5.97 Å². The lowest BCUT2D eigenvalue weighted by atomic mass is 10.1. The number of sulfonamides is 1. The van der Waals surface area contributed by atoms with Gasteiger partial charge in [0.05, 0.1) is 0 Å². The summed E-state index contributed by atoms with van der Waals surface area (Å²) in [6.07, 6.45) is 2.57. The first-order chi connectivity index (χ1) is 8.94. The minimum Gasteiger partial charge on any atom is -0.480 e. The normalized spacial score (nSPS) is 21.2. The van der Waals surface area contributed by atoms with Crippen LogP contribution in [0.4, 0.5) is 4.39 Å². The number of carboxylic acid groups (broad SMARTS) is 1. The number of carbonyl (C=O) groups is 1. The molecule has 1 atom stereocenters. The van der Waals surface area contributed by atoms with Crippen molar-refractivity contribution in [2.24, 2.45) is 0 Å². The first-order valence-electron chi connectivity index (χ1n) is 5.80. The van der Waals surface area contributed by atoms with E-state index in [0.29, 0.717) is 12.8 Å². The van der Waals surface area contributed by atoms with E-state index in [0.717, 1.165) is 16.6 Å². The van der Waals surface area contributed by atoms with Gasteiger partial charge in [0.25, 0.3) is 10.0 Å². The molecular formula is C11H13FN2O4S. The van der Waals surface area contributed by atoms with Crippen molar-refractivity contribution in [2.75, 3.05) is 6.54 Å². The molecule has 1 aromatic rings. The van der Waals surface area contributed by atoms with Crippen LogP contribution in [0.15, 0.2) is 23.4 Å². The second-order valence-corrected chi connectivity index (χ2v) is 6.06. The van der Waals surface area contributed by atoms with Crippen LogP contribution < -0.4 is 0 Å². The van der Waals surface area contributed by atoms with Gasteiger partial charge in [0.15, 0.2) is 5.82 Å². The second kappa shape index (κ2) is 5.22. The van der Waals surface area contributed by atoms with E-state index in [1.807, 2.05) is 0 Å². The number of rotatable bonds is 3. The predicted octanol–water partition coefficient (Wildman–Crippen LogP) is 0.848. The fourth-order valence-electron chi connectivity index (χ4n) is 2.11. The van der Waals surface area contributed by atoms with Gasteiger partial charge in [0, 0.05) is 12.7 Å². The van der Waals surface area contributed by atoms with Crippen molar-refractivity contribution in [2.45, 2.75) is 30.3 Å². The highest BCUT2D eigenvalue weighted by Crippen LogP contribution is 2.25. The number of hydrogen-bond donors (Lipinski definition) is 1. The third-order valence-electron chi connectivity index (χ3n) is 3.02. The molecule has 1 aliphatic heterocycles. The summed E-state index contributed by atoms with van der Waals surface area (Å²) in [4.78, 5) is 14.6. The van der Waals surface area contributed by atoms with Gasteiger partial charge in [-0.05, 0) is 31.4 Å². The summed E-state index contributed by atoms with van der Waals surface area (Å²) in [5.41, 5.74) is 0.